The van der Waals surface area contributed by atoms with Crippen molar-refractivity contribution in [3.8, 4) is 11.6 Å². The number of ether oxygens (including phenoxy) is 1. The van der Waals surface area contributed by atoms with Gasteiger partial charge in [0.15, 0.2) is 5.82 Å². The molecule has 23 heavy (non-hydrogen) atoms. The van der Waals surface area contributed by atoms with Crippen LogP contribution in [0.4, 0.5) is 0 Å². The van der Waals surface area contributed by atoms with Gasteiger partial charge in [0.05, 0.1) is 7.11 Å². The smallest absolute Gasteiger partial charge is 0.153 e. The van der Waals surface area contributed by atoms with Crippen molar-refractivity contribution in [2.45, 2.75) is 13.1 Å². The van der Waals surface area contributed by atoms with Gasteiger partial charge < -0.3 is 10.1 Å². The normalized spacial score (nSPS) is 10.7. The molecule has 0 radical (unpaired) electrons. The first kappa shape index (κ1) is 15.5. The van der Waals surface area contributed by atoms with Gasteiger partial charge in [-0.15, -0.1) is 0 Å². The van der Waals surface area contributed by atoms with Gasteiger partial charge in [-0.25, -0.2) is 9.67 Å². The molecule has 0 spiro atoms. The lowest BCUT2D eigenvalue weighted by Gasteiger charge is -2.10. The summed E-state index contributed by atoms with van der Waals surface area (Å²) in [6, 6.07) is 11.5. The van der Waals surface area contributed by atoms with Crippen LogP contribution < -0.4 is 10.1 Å². The van der Waals surface area contributed by atoms with Crippen LogP contribution in [0.25, 0.3) is 5.82 Å². The number of hydrogen-bond acceptors (Lipinski definition) is 4. The van der Waals surface area contributed by atoms with Gasteiger partial charge in [0, 0.05) is 42.3 Å². The molecule has 0 atom stereocenters. The van der Waals surface area contributed by atoms with Gasteiger partial charge in [-0.2, -0.15) is 5.10 Å². The Hall–Kier alpha value is -2.37. The van der Waals surface area contributed by atoms with E-state index in [2.05, 4.69) is 15.4 Å². The molecule has 6 heteroatoms. The molecule has 3 aromatic rings. The lowest BCUT2D eigenvalue weighted by atomic mass is 10.2. The van der Waals surface area contributed by atoms with E-state index >= 15 is 0 Å². The predicted molar refractivity (Wildman–Crippen MR) is 89.9 cm³/mol. The van der Waals surface area contributed by atoms with E-state index in [4.69, 9.17) is 16.3 Å². The van der Waals surface area contributed by atoms with Gasteiger partial charge >= 0.3 is 0 Å². The highest BCUT2D eigenvalue weighted by molar-refractivity contribution is 6.30. The van der Waals surface area contributed by atoms with E-state index in [1.54, 1.807) is 24.2 Å². The summed E-state index contributed by atoms with van der Waals surface area (Å²) in [7, 11) is 1.66. The maximum absolute atomic E-state index is 6.05. The summed E-state index contributed by atoms with van der Waals surface area (Å²) < 4.78 is 7.09. The Morgan fingerprint density at radius 1 is 1.17 bits per heavy atom. The van der Waals surface area contributed by atoms with Crippen LogP contribution in [0, 0.1) is 0 Å². The molecule has 5 nitrogen and oxygen atoms in total. The summed E-state index contributed by atoms with van der Waals surface area (Å²) in [5.74, 6) is 1.63. The second-order valence-corrected chi connectivity index (χ2v) is 5.47. The number of methoxy groups -OCH3 is 1. The molecular weight excluding hydrogens is 312 g/mol. The Labute approximate surface area is 139 Å². The number of hydrogen-bond donors (Lipinski definition) is 1. The van der Waals surface area contributed by atoms with Gasteiger partial charge in [0.1, 0.15) is 5.75 Å². The predicted octanol–water partition coefficient (Wildman–Crippen LogP) is 3.22. The standard InChI is InChI=1S/C17H17ClN4O/c1-23-16-4-3-15(18)10-14(16)12-19-11-13-5-7-20-17(9-13)22-8-2-6-21-22/h2-10,19H,11-12H2,1H3. The topological polar surface area (TPSA) is 52.0 Å². The van der Waals surface area contributed by atoms with Crippen molar-refractivity contribution in [3.05, 3.63) is 71.1 Å². The van der Waals surface area contributed by atoms with Crippen molar-refractivity contribution >= 4 is 11.6 Å². The Morgan fingerprint density at radius 2 is 2.09 bits per heavy atom. The van der Waals surface area contributed by atoms with E-state index in [1.807, 2.05) is 42.6 Å². The van der Waals surface area contributed by atoms with E-state index in [0.29, 0.717) is 18.1 Å². The lowest BCUT2D eigenvalue weighted by Crippen LogP contribution is -2.14. The van der Waals surface area contributed by atoms with Gasteiger partial charge in [-0.1, -0.05) is 11.6 Å². The maximum atomic E-state index is 6.05. The molecule has 1 aromatic carbocycles. The molecule has 0 aliphatic carbocycles. The van der Waals surface area contributed by atoms with Crippen LogP contribution in [0.1, 0.15) is 11.1 Å². The van der Waals surface area contributed by atoms with E-state index in [-0.39, 0.29) is 0 Å². The van der Waals surface area contributed by atoms with Crippen LogP contribution in [0.15, 0.2) is 55.0 Å². The van der Waals surface area contributed by atoms with E-state index in [1.165, 1.54) is 0 Å². The molecule has 0 aliphatic heterocycles. The van der Waals surface area contributed by atoms with Crippen molar-refractivity contribution in [2.75, 3.05) is 7.11 Å². The third kappa shape index (κ3) is 3.88. The van der Waals surface area contributed by atoms with E-state index in [9.17, 15) is 0 Å². The van der Waals surface area contributed by atoms with Crippen LogP contribution >= 0.6 is 11.6 Å². The van der Waals surface area contributed by atoms with Gasteiger partial charge in [0.25, 0.3) is 0 Å². The van der Waals surface area contributed by atoms with Crippen LogP contribution in [0.5, 0.6) is 5.75 Å². The summed E-state index contributed by atoms with van der Waals surface area (Å²) >= 11 is 6.05. The summed E-state index contributed by atoms with van der Waals surface area (Å²) in [6.07, 6.45) is 5.39. The quantitative estimate of drug-likeness (QED) is 0.755. The van der Waals surface area contributed by atoms with E-state index in [0.717, 1.165) is 22.7 Å². The Kier molecular flexibility index (Phi) is 4.90. The number of pyridine rings is 1. The minimum atomic E-state index is 0.670. The zero-order valence-electron chi connectivity index (χ0n) is 12.7. The van der Waals surface area contributed by atoms with Crippen molar-refractivity contribution in [1.82, 2.24) is 20.1 Å². The largest absolute Gasteiger partial charge is 0.496 e. The molecule has 2 heterocycles. The maximum Gasteiger partial charge on any atom is 0.153 e. The SMILES string of the molecule is COc1ccc(Cl)cc1CNCc1ccnc(-n2cccn2)c1. The number of aromatic nitrogens is 3. The van der Waals surface area contributed by atoms with Gasteiger partial charge in [0.2, 0.25) is 0 Å². The van der Waals surface area contributed by atoms with Crippen LogP contribution in [-0.4, -0.2) is 21.9 Å². The highest BCUT2D eigenvalue weighted by atomic mass is 35.5. The van der Waals surface area contributed by atoms with E-state index < -0.39 is 0 Å². The Bertz CT molecular complexity index is 774. The van der Waals surface area contributed by atoms with Crippen molar-refractivity contribution < 1.29 is 4.74 Å². The molecule has 0 aliphatic rings. The minimum absolute atomic E-state index is 0.670. The van der Waals surface area contributed by atoms with Crippen molar-refractivity contribution in [3.63, 3.8) is 0 Å². The number of halogens is 1. The summed E-state index contributed by atoms with van der Waals surface area (Å²) in [6.45, 7) is 1.38. The molecule has 3 rings (SSSR count). The zero-order valence-corrected chi connectivity index (χ0v) is 13.5. The zero-order chi connectivity index (χ0) is 16.1. The average molecular weight is 329 g/mol. The summed E-state index contributed by atoms with van der Waals surface area (Å²) in [5, 5.41) is 8.29. The first-order valence-corrected chi connectivity index (χ1v) is 7.62. The van der Waals surface area contributed by atoms with Crippen molar-refractivity contribution in [1.29, 1.82) is 0 Å². The Morgan fingerprint density at radius 3 is 2.87 bits per heavy atom. The fraction of sp³-hybridized carbons (Fsp3) is 0.176. The van der Waals surface area contributed by atoms with Crippen LogP contribution in [0.3, 0.4) is 0 Å². The molecule has 2 aromatic heterocycles. The molecule has 0 bridgehead atoms. The van der Waals surface area contributed by atoms with Crippen molar-refractivity contribution in [2.24, 2.45) is 0 Å². The molecule has 0 saturated carbocycles. The fourth-order valence-electron chi connectivity index (χ4n) is 2.33. The number of rotatable bonds is 6. The molecule has 0 fully saturated rings. The molecule has 0 saturated heterocycles. The fourth-order valence-corrected chi connectivity index (χ4v) is 2.52. The first-order chi connectivity index (χ1) is 11.3. The molecular formula is C17H17ClN4O. The number of benzene rings is 1. The second kappa shape index (κ2) is 7.26. The van der Waals surface area contributed by atoms with Gasteiger partial charge in [-0.3, -0.25) is 0 Å². The molecule has 1 N–H and O–H groups in total. The summed E-state index contributed by atoms with van der Waals surface area (Å²) in [5.41, 5.74) is 2.16. The third-order valence-electron chi connectivity index (χ3n) is 3.44. The molecule has 0 unspecified atom stereocenters. The lowest BCUT2D eigenvalue weighted by molar-refractivity contribution is 0.407. The third-order valence-corrected chi connectivity index (χ3v) is 3.67. The van der Waals surface area contributed by atoms with Crippen LogP contribution in [-0.2, 0) is 13.1 Å². The minimum Gasteiger partial charge on any atom is -0.496 e. The molecule has 118 valence electrons. The average Bonchev–Trinajstić information content (AvgIpc) is 3.10. The highest BCUT2D eigenvalue weighted by Crippen LogP contribution is 2.22. The molecule has 0 amide bonds. The van der Waals surface area contributed by atoms with Gasteiger partial charge in [-0.05, 0) is 42.0 Å². The summed E-state index contributed by atoms with van der Waals surface area (Å²) in [4.78, 5) is 4.32. The Balaban J connectivity index is 1.65. The number of nitrogens with zero attached hydrogens (tertiary/aromatic N) is 3. The first-order valence-electron chi connectivity index (χ1n) is 7.24. The van der Waals surface area contributed by atoms with Crippen LogP contribution in [0.2, 0.25) is 5.02 Å². The monoisotopic (exact) mass is 328 g/mol. The number of nitrogens with one attached hydrogen (secondary N) is 1. The highest BCUT2D eigenvalue weighted by Gasteiger charge is 2.04. The second-order valence-electron chi connectivity index (χ2n) is 5.03.